The van der Waals surface area contributed by atoms with Gasteiger partial charge >= 0.3 is 0 Å². The van der Waals surface area contributed by atoms with Crippen molar-refractivity contribution in [1.82, 2.24) is 20.7 Å². The molecule has 1 amide bonds. The Bertz CT molecular complexity index is 1220. The minimum atomic E-state index is -0.636. The minimum absolute atomic E-state index is 0.0620. The molecule has 2 aromatic heterocycles. The summed E-state index contributed by atoms with van der Waals surface area (Å²) in [5.74, 6) is -1.25. The zero-order valence-electron chi connectivity index (χ0n) is 15.9. The molecule has 150 valence electrons. The molecule has 0 aliphatic carbocycles. The van der Waals surface area contributed by atoms with Gasteiger partial charge in [-0.2, -0.15) is 5.10 Å². The molecule has 0 fully saturated rings. The highest BCUT2D eigenvalue weighted by Gasteiger charge is 2.18. The molecule has 0 atom stereocenters. The number of benzene rings is 2. The van der Waals surface area contributed by atoms with Crippen LogP contribution in [0.5, 0.6) is 0 Å². The Labute approximate surface area is 176 Å². The van der Waals surface area contributed by atoms with Crippen molar-refractivity contribution in [2.45, 2.75) is 9.79 Å². The van der Waals surface area contributed by atoms with E-state index in [9.17, 15) is 9.18 Å². The summed E-state index contributed by atoms with van der Waals surface area (Å²) >= 11 is 1.28. The molecule has 0 bridgehead atoms. The summed E-state index contributed by atoms with van der Waals surface area (Å²) in [7, 11) is 1.30. The molecule has 0 saturated heterocycles. The maximum absolute atomic E-state index is 14.2. The number of aromatic amines is 1. The van der Waals surface area contributed by atoms with E-state index in [0.717, 1.165) is 27.2 Å². The average molecular weight is 420 g/mol. The Kier molecular flexibility index (Phi) is 5.87. The number of pyridine rings is 1. The number of amides is 1. The van der Waals surface area contributed by atoms with Crippen LogP contribution >= 0.6 is 11.8 Å². The van der Waals surface area contributed by atoms with Gasteiger partial charge in [0.2, 0.25) is 0 Å². The van der Waals surface area contributed by atoms with E-state index in [2.05, 4.69) is 25.5 Å². The van der Waals surface area contributed by atoms with E-state index < -0.39 is 11.7 Å². The van der Waals surface area contributed by atoms with E-state index in [1.807, 2.05) is 48.6 Å². The van der Waals surface area contributed by atoms with Crippen molar-refractivity contribution in [2.24, 2.45) is 0 Å². The highest BCUT2D eigenvalue weighted by Crippen LogP contribution is 2.33. The molecule has 0 spiro atoms. The van der Waals surface area contributed by atoms with E-state index in [1.54, 1.807) is 18.3 Å². The summed E-state index contributed by atoms with van der Waals surface area (Å²) in [6.07, 6.45) is 5.53. The van der Waals surface area contributed by atoms with Gasteiger partial charge in [-0.1, -0.05) is 23.9 Å². The van der Waals surface area contributed by atoms with Gasteiger partial charge in [-0.3, -0.25) is 19.7 Å². The Morgan fingerprint density at radius 1 is 1.17 bits per heavy atom. The first-order valence-corrected chi connectivity index (χ1v) is 9.84. The summed E-state index contributed by atoms with van der Waals surface area (Å²) in [4.78, 5) is 22.4. The third-order valence-electron chi connectivity index (χ3n) is 4.29. The van der Waals surface area contributed by atoms with Crippen LogP contribution in [0.15, 0.2) is 70.6 Å². The summed E-state index contributed by atoms with van der Waals surface area (Å²) in [6, 6.07) is 16.0. The molecule has 2 N–H and O–H groups in total. The molecule has 0 aliphatic rings. The second-order valence-electron chi connectivity index (χ2n) is 6.25. The Morgan fingerprint density at radius 3 is 2.87 bits per heavy atom. The van der Waals surface area contributed by atoms with Crippen LogP contribution in [0.25, 0.3) is 23.1 Å². The zero-order chi connectivity index (χ0) is 20.9. The van der Waals surface area contributed by atoms with Gasteiger partial charge < -0.3 is 0 Å². The van der Waals surface area contributed by atoms with Crippen LogP contribution in [0, 0.1) is 5.82 Å². The highest BCUT2D eigenvalue weighted by atomic mass is 32.2. The smallest absolute Gasteiger partial charge is 0.277 e. The normalized spacial score (nSPS) is 11.3. The first-order chi connectivity index (χ1) is 14.7. The number of hydroxylamine groups is 1. The molecule has 0 radical (unpaired) electrons. The van der Waals surface area contributed by atoms with Crippen molar-refractivity contribution >= 4 is 40.7 Å². The van der Waals surface area contributed by atoms with Crippen molar-refractivity contribution in [2.75, 3.05) is 7.11 Å². The number of halogens is 1. The summed E-state index contributed by atoms with van der Waals surface area (Å²) < 4.78 is 14.2. The lowest BCUT2D eigenvalue weighted by Gasteiger charge is -2.10. The molecular weight excluding hydrogens is 403 g/mol. The monoisotopic (exact) mass is 420 g/mol. The lowest BCUT2D eigenvalue weighted by Crippen LogP contribution is -2.23. The maximum atomic E-state index is 14.2. The van der Waals surface area contributed by atoms with E-state index in [0.29, 0.717) is 4.90 Å². The second kappa shape index (κ2) is 8.89. The Morgan fingerprint density at radius 2 is 2.07 bits per heavy atom. The van der Waals surface area contributed by atoms with Crippen LogP contribution in [0.1, 0.15) is 21.7 Å². The van der Waals surface area contributed by atoms with Crippen molar-refractivity contribution in [3.8, 4) is 0 Å². The predicted molar refractivity (Wildman–Crippen MR) is 114 cm³/mol. The number of rotatable bonds is 6. The topological polar surface area (TPSA) is 79.9 Å². The van der Waals surface area contributed by atoms with Gasteiger partial charge in [0.15, 0.2) is 0 Å². The molecular formula is C22H17FN4O2S. The lowest BCUT2D eigenvalue weighted by molar-refractivity contribution is 0.0530. The second-order valence-corrected chi connectivity index (χ2v) is 7.37. The number of carbonyl (C=O) groups is 1. The number of fused-ring (bicyclic) bond motifs is 1. The van der Waals surface area contributed by atoms with Crippen LogP contribution < -0.4 is 5.48 Å². The van der Waals surface area contributed by atoms with Crippen LogP contribution in [-0.4, -0.2) is 28.2 Å². The van der Waals surface area contributed by atoms with Crippen molar-refractivity contribution < 1.29 is 14.0 Å². The van der Waals surface area contributed by atoms with Gasteiger partial charge in [0, 0.05) is 21.4 Å². The van der Waals surface area contributed by atoms with Crippen molar-refractivity contribution in [3.63, 3.8) is 0 Å². The van der Waals surface area contributed by atoms with Crippen molar-refractivity contribution in [1.29, 1.82) is 0 Å². The standard InChI is InChI=1S/C22H17FN4O2S/c1-29-27-22(28)21-17(23)6-4-7-20(21)30-15-9-10-16-18(25-26-19(16)13-15)11-8-14-5-2-3-12-24-14/h2-13H,1H3,(H,25,26)(H,27,28)/b11-8+. The molecule has 2 aromatic carbocycles. The number of hydrogen-bond acceptors (Lipinski definition) is 5. The van der Waals surface area contributed by atoms with Crippen LogP contribution in [0.2, 0.25) is 0 Å². The van der Waals surface area contributed by atoms with E-state index in [1.165, 1.54) is 24.9 Å². The third kappa shape index (κ3) is 4.24. The zero-order valence-corrected chi connectivity index (χ0v) is 16.7. The number of nitrogens with zero attached hydrogens (tertiary/aromatic N) is 2. The molecule has 0 saturated carbocycles. The van der Waals surface area contributed by atoms with Gasteiger partial charge in [0.1, 0.15) is 5.82 Å². The van der Waals surface area contributed by atoms with Gasteiger partial charge in [0.05, 0.1) is 29.6 Å². The predicted octanol–water partition coefficient (Wildman–Crippen LogP) is 4.71. The van der Waals surface area contributed by atoms with Crippen LogP contribution in [-0.2, 0) is 4.84 Å². The minimum Gasteiger partial charge on any atom is -0.277 e. The number of hydrogen-bond donors (Lipinski definition) is 2. The summed E-state index contributed by atoms with van der Waals surface area (Å²) in [5.41, 5.74) is 4.57. The third-order valence-corrected chi connectivity index (χ3v) is 5.34. The van der Waals surface area contributed by atoms with E-state index >= 15 is 0 Å². The highest BCUT2D eigenvalue weighted by molar-refractivity contribution is 7.99. The van der Waals surface area contributed by atoms with Crippen molar-refractivity contribution in [3.05, 3.63) is 83.6 Å². The fraction of sp³-hybridized carbons (Fsp3) is 0.0455. The van der Waals surface area contributed by atoms with E-state index in [-0.39, 0.29) is 5.56 Å². The van der Waals surface area contributed by atoms with Gasteiger partial charge in [-0.15, -0.1) is 0 Å². The number of H-pyrrole nitrogens is 1. The fourth-order valence-corrected chi connectivity index (χ4v) is 3.94. The number of carbonyl (C=O) groups excluding carboxylic acids is 1. The van der Waals surface area contributed by atoms with Crippen LogP contribution in [0.3, 0.4) is 0 Å². The molecule has 30 heavy (non-hydrogen) atoms. The molecule has 2 heterocycles. The average Bonchev–Trinajstić information content (AvgIpc) is 3.15. The largest absolute Gasteiger partial charge is 0.278 e. The quantitative estimate of drug-likeness (QED) is 0.442. The summed E-state index contributed by atoms with van der Waals surface area (Å²) in [5, 5.41) is 8.31. The molecule has 6 nitrogen and oxygen atoms in total. The Balaban J connectivity index is 1.61. The lowest BCUT2D eigenvalue weighted by atomic mass is 10.2. The van der Waals surface area contributed by atoms with Crippen LogP contribution in [0.4, 0.5) is 4.39 Å². The van der Waals surface area contributed by atoms with E-state index in [4.69, 9.17) is 0 Å². The maximum Gasteiger partial charge on any atom is 0.278 e. The molecule has 0 aliphatic heterocycles. The molecule has 4 rings (SSSR count). The molecule has 0 unspecified atom stereocenters. The molecule has 4 aromatic rings. The van der Waals surface area contributed by atoms with Gasteiger partial charge in [-0.05, 0) is 54.6 Å². The number of nitrogens with one attached hydrogen (secondary N) is 2. The molecule has 8 heteroatoms. The fourth-order valence-electron chi connectivity index (χ4n) is 2.93. The Hall–Kier alpha value is -3.49. The van der Waals surface area contributed by atoms with Gasteiger partial charge in [0.25, 0.3) is 5.91 Å². The first-order valence-electron chi connectivity index (χ1n) is 9.02. The van der Waals surface area contributed by atoms with Gasteiger partial charge in [-0.25, -0.2) is 9.87 Å². The first kappa shape index (κ1) is 19.8. The SMILES string of the molecule is CONC(=O)c1c(F)cccc1Sc1ccc2c(/C=C/c3ccccn3)n[nH]c2c1. The summed E-state index contributed by atoms with van der Waals surface area (Å²) in [6.45, 7) is 0. The number of aromatic nitrogens is 3.